The van der Waals surface area contributed by atoms with E-state index in [0.29, 0.717) is 29.1 Å². The normalized spacial score (nSPS) is 21.3. The highest BCUT2D eigenvalue weighted by Crippen LogP contribution is 2.47. The van der Waals surface area contributed by atoms with Crippen molar-refractivity contribution < 1.29 is 41.9 Å². The maximum Gasteiger partial charge on any atom is 0.573 e. The van der Waals surface area contributed by atoms with E-state index in [1.807, 2.05) is 0 Å². The van der Waals surface area contributed by atoms with E-state index >= 15 is 0 Å². The number of fused-ring (bicyclic) bond motifs is 3. The van der Waals surface area contributed by atoms with Gasteiger partial charge in [-0.2, -0.15) is 0 Å². The summed E-state index contributed by atoms with van der Waals surface area (Å²) in [6.07, 6.45) is 0.966. The number of para-hydroxylation sites is 1. The Morgan fingerprint density at radius 1 is 1.13 bits per heavy atom. The lowest BCUT2D eigenvalue weighted by atomic mass is 10.00. The average Bonchev–Trinajstić information content (AvgIpc) is 3.52. The number of nitrogens with zero attached hydrogens (tertiary/aromatic N) is 4. The molecule has 236 valence electrons. The molecule has 0 unspecified atom stereocenters. The van der Waals surface area contributed by atoms with Crippen LogP contribution < -0.4 is 14.5 Å². The molecule has 1 N–H and O–H groups in total. The number of benzene rings is 2. The fourth-order valence-corrected chi connectivity index (χ4v) is 7.66. The summed E-state index contributed by atoms with van der Waals surface area (Å²) in [5.74, 6) is -0.589. The first kappa shape index (κ1) is 29.5. The molecule has 1 amide bonds. The van der Waals surface area contributed by atoms with Gasteiger partial charge in [-0.05, 0) is 68.9 Å². The van der Waals surface area contributed by atoms with Crippen LogP contribution >= 0.6 is 11.3 Å². The molecule has 0 spiro atoms. The molecule has 3 aliphatic rings. The third-order valence-electron chi connectivity index (χ3n) is 8.63. The molecule has 2 aliphatic heterocycles. The molecule has 2 bridgehead atoms. The van der Waals surface area contributed by atoms with Gasteiger partial charge in [0.15, 0.2) is 5.13 Å². The van der Waals surface area contributed by atoms with Gasteiger partial charge in [0.25, 0.3) is 0 Å². The Hall–Kier alpha value is -4.17. The van der Waals surface area contributed by atoms with Crippen LogP contribution in [0.25, 0.3) is 21.5 Å². The van der Waals surface area contributed by atoms with Crippen molar-refractivity contribution in [3.8, 4) is 17.0 Å². The first-order valence-corrected chi connectivity index (χ1v) is 15.6. The minimum absolute atomic E-state index is 0.0617. The summed E-state index contributed by atoms with van der Waals surface area (Å²) >= 11 is 1.51. The number of rotatable bonds is 11. The van der Waals surface area contributed by atoms with Crippen molar-refractivity contribution in [2.45, 2.75) is 75.6 Å². The Morgan fingerprint density at radius 3 is 2.58 bits per heavy atom. The van der Waals surface area contributed by atoms with Gasteiger partial charge in [-0.1, -0.05) is 28.6 Å². The quantitative estimate of drug-likeness (QED) is 0.183. The molecule has 2 aromatic carbocycles. The number of carboxylic acids is 1. The average molecular weight is 643 g/mol. The number of hydrogen-bond donors (Lipinski definition) is 1. The Balaban J connectivity index is 1.07. The summed E-state index contributed by atoms with van der Waals surface area (Å²) in [6.45, 7) is -0.257. The molecule has 14 heteroatoms. The first-order valence-electron chi connectivity index (χ1n) is 14.7. The van der Waals surface area contributed by atoms with Crippen LogP contribution in [0.15, 0.2) is 47.0 Å². The number of carbonyl (C=O) groups is 2. The van der Waals surface area contributed by atoms with Crippen LogP contribution in [0.2, 0.25) is 0 Å². The van der Waals surface area contributed by atoms with Crippen molar-refractivity contribution in [3.63, 3.8) is 0 Å². The second-order valence-corrected chi connectivity index (χ2v) is 12.7. The Kier molecular flexibility index (Phi) is 7.64. The lowest BCUT2D eigenvalue weighted by molar-refractivity contribution is -0.274. The number of hydrogen-bond acceptors (Lipinski definition) is 9. The van der Waals surface area contributed by atoms with Crippen molar-refractivity contribution in [2.75, 3.05) is 16.3 Å². The third-order valence-corrected chi connectivity index (χ3v) is 9.67. The zero-order valence-corrected chi connectivity index (χ0v) is 24.7. The summed E-state index contributed by atoms with van der Waals surface area (Å²) in [5.41, 5.74) is 2.45. The fraction of sp³-hybridized carbons (Fsp3) is 0.419. The zero-order chi connectivity index (χ0) is 31.3. The van der Waals surface area contributed by atoms with Gasteiger partial charge in [-0.3, -0.25) is 9.59 Å². The highest BCUT2D eigenvalue weighted by atomic mass is 32.1. The van der Waals surface area contributed by atoms with Gasteiger partial charge in [0, 0.05) is 34.8 Å². The molecule has 10 nitrogen and oxygen atoms in total. The van der Waals surface area contributed by atoms with E-state index in [1.165, 1.54) is 23.5 Å². The summed E-state index contributed by atoms with van der Waals surface area (Å²) in [7, 11) is 0. The number of anilines is 2. The maximum atomic E-state index is 13.1. The van der Waals surface area contributed by atoms with Crippen LogP contribution in [0.5, 0.6) is 5.75 Å². The standard InChI is InChI=1S/C31H29F3N4O6S/c32-31(33,34)43-25-4-2-1-3-22(25)28-23(29(44-36-28)17-5-6-17)15-42-21-11-19-7-8-20(12-21)38(19)30-35-24-10-9-18(13-26(24)45-30)37(16-39)14-27(40)41/h1-4,9-10,13,16-17,19-21H,5-8,11-12,14-15H2,(H,40,41)/t19-,20+,21-. The molecule has 4 aromatic rings. The number of halogens is 3. The Bertz CT molecular complexity index is 1720. The largest absolute Gasteiger partial charge is 0.573 e. The molecule has 1 saturated carbocycles. The first-order chi connectivity index (χ1) is 21.7. The second kappa shape index (κ2) is 11.6. The van der Waals surface area contributed by atoms with Gasteiger partial charge in [-0.15, -0.1) is 13.2 Å². The predicted molar refractivity (Wildman–Crippen MR) is 158 cm³/mol. The van der Waals surface area contributed by atoms with E-state index in [4.69, 9.17) is 19.4 Å². The van der Waals surface area contributed by atoms with Crippen molar-refractivity contribution in [2.24, 2.45) is 0 Å². The van der Waals surface area contributed by atoms with Crippen LogP contribution in [-0.4, -0.2) is 58.7 Å². The molecule has 4 heterocycles. The van der Waals surface area contributed by atoms with E-state index in [1.54, 1.807) is 30.3 Å². The van der Waals surface area contributed by atoms with Crippen molar-refractivity contribution >= 4 is 44.8 Å². The zero-order valence-electron chi connectivity index (χ0n) is 23.9. The lowest BCUT2D eigenvalue weighted by Gasteiger charge is -2.38. The summed E-state index contributed by atoms with van der Waals surface area (Å²) in [5, 5.41) is 14.2. The smallest absolute Gasteiger partial charge is 0.480 e. The lowest BCUT2D eigenvalue weighted by Crippen LogP contribution is -2.45. The second-order valence-electron chi connectivity index (χ2n) is 11.7. The third kappa shape index (κ3) is 6.08. The number of carbonyl (C=O) groups excluding carboxylic acids is 1. The van der Waals surface area contributed by atoms with E-state index in [-0.39, 0.29) is 42.0 Å². The van der Waals surface area contributed by atoms with Gasteiger partial charge in [0.2, 0.25) is 6.41 Å². The summed E-state index contributed by atoms with van der Waals surface area (Å²) in [4.78, 5) is 31.0. The van der Waals surface area contributed by atoms with Crippen LogP contribution in [0.4, 0.5) is 24.0 Å². The van der Waals surface area contributed by atoms with Crippen molar-refractivity contribution in [1.82, 2.24) is 10.1 Å². The highest BCUT2D eigenvalue weighted by molar-refractivity contribution is 7.22. The Morgan fingerprint density at radius 2 is 1.89 bits per heavy atom. The van der Waals surface area contributed by atoms with Crippen LogP contribution in [-0.2, 0) is 20.9 Å². The molecule has 0 radical (unpaired) electrons. The van der Waals surface area contributed by atoms with Gasteiger partial charge in [-0.25, -0.2) is 4.98 Å². The minimum Gasteiger partial charge on any atom is -0.480 e. The molecular weight excluding hydrogens is 613 g/mol. The molecule has 1 aliphatic carbocycles. The highest BCUT2D eigenvalue weighted by Gasteiger charge is 2.43. The number of piperidine rings is 1. The number of ether oxygens (including phenoxy) is 2. The molecule has 2 saturated heterocycles. The molecule has 7 rings (SSSR count). The number of amides is 1. The molecule has 3 fully saturated rings. The van der Waals surface area contributed by atoms with Crippen LogP contribution in [0, 0.1) is 0 Å². The monoisotopic (exact) mass is 642 g/mol. The number of aliphatic carboxylic acids is 1. The fourth-order valence-electron chi connectivity index (χ4n) is 6.52. The maximum absolute atomic E-state index is 13.1. The molecule has 45 heavy (non-hydrogen) atoms. The van der Waals surface area contributed by atoms with Gasteiger partial charge in [0.1, 0.15) is 23.7 Å². The molecular formula is C31H29F3N4O6S. The number of alkyl halides is 3. The van der Waals surface area contributed by atoms with E-state index in [0.717, 1.165) is 58.8 Å². The minimum atomic E-state index is -4.84. The van der Waals surface area contributed by atoms with Gasteiger partial charge < -0.3 is 28.9 Å². The van der Waals surface area contributed by atoms with E-state index in [2.05, 4.69) is 14.8 Å². The van der Waals surface area contributed by atoms with E-state index in [9.17, 15) is 22.8 Å². The van der Waals surface area contributed by atoms with Crippen LogP contribution in [0.1, 0.15) is 55.8 Å². The molecule has 2 aromatic heterocycles. The van der Waals surface area contributed by atoms with Crippen LogP contribution in [0.3, 0.4) is 0 Å². The van der Waals surface area contributed by atoms with Crippen molar-refractivity contribution in [3.05, 3.63) is 53.8 Å². The summed E-state index contributed by atoms with van der Waals surface area (Å²) < 4.78 is 56.7. The Labute approximate surface area is 259 Å². The van der Waals surface area contributed by atoms with Crippen molar-refractivity contribution in [1.29, 1.82) is 0 Å². The number of carboxylic acid groups (broad SMARTS) is 1. The molecule has 3 atom stereocenters. The van der Waals surface area contributed by atoms with Gasteiger partial charge >= 0.3 is 12.3 Å². The SMILES string of the molecule is O=CN(CC(=O)O)c1ccc2nc(N3[C@@H]4CC[C@H]3C[C@H](OCc3c(-c5ccccc5OC(F)(F)F)noc3C3CC3)C4)sc2c1. The number of thiazole rings is 1. The predicted octanol–water partition coefficient (Wildman–Crippen LogP) is 6.49. The van der Waals surface area contributed by atoms with Gasteiger partial charge in [0.05, 0.1) is 22.9 Å². The topological polar surface area (TPSA) is 118 Å². The van der Waals surface area contributed by atoms with E-state index < -0.39 is 18.9 Å². The summed E-state index contributed by atoms with van der Waals surface area (Å²) in [6, 6.07) is 11.6. The number of aromatic nitrogens is 2.